The Labute approximate surface area is 141 Å². The van der Waals surface area contributed by atoms with Crippen LogP contribution in [-0.2, 0) is 20.9 Å². The van der Waals surface area contributed by atoms with Crippen molar-refractivity contribution < 1.29 is 23.8 Å². The molecule has 1 saturated carbocycles. The highest BCUT2D eigenvalue weighted by atomic mass is 16.7. The fourth-order valence-corrected chi connectivity index (χ4v) is 3.13. The zero-order valence-corrected chi connectivity index (χ0v) is 13.9. The van der Waals surface area contributed by atoms with Crippen molar-refractivity contribution in [3.63, 3.8) is 0 Å². The first kappa shape index (κ1) is 16.6. The molecule has 1 fully saturated rings. The number of ether oxygens (including phenoxy) is 3. The van der Waals surface area contributed by atoms with Crippen LogP contribution in [0.15, 0.2) is 18.2 Å². The van der Waals surface area contributed by atoms with E-state index in [-0.39, 0.29) is 18.7 Å². The third kappa shape index (κ3) is 4.19. The number of fused-ring (bicyclic) bond motifs is 1. The molecule has 6 heteroatoms. The first-order valence-corrected chi connectivity index (χ1v) is 8.47. The fourth-order valence-electron chi connectivity index (χ4n) is 3.13. The van der Waals surface area contributed by atoms with Crippen molar-refractivity contribution in [2.75, 3.05) is 6.79 Å². The van der Waals surface area contributed by atoms with Gasteiger partial charge in [0.05, 0.1) is 0 Å². The highest BCUT2D eigenvalue weighted by Crippen LogP contribution is 2.32. The number of hydrogen-bond donors (Lipinski definition) is 1. The molecule has 0 unspecified atom stereocenters. The van der Waals surface area contributed by atoms with E-state index in [1.807, 2.05) is 18.2 Å². The third-order valence-corrected chi connectivity index (χ3v) is 4.51. The molecule has 0 bridgehead atoms. The average Bonchev–Trinajstić information content (AvgIpc) is 3.23. The summed E-state index contributed by atoms with van der Waals surface area (Å²) in [6.45, 7) is 2.17. The number of amides is 1. The van der Waals surface area contributed by atoms with Crippen molar-refractivity contribution in [3.8, 4) is 11.5 Å². The lowest BCUT2D eigenvalue weighted by Gasteiger charge is -2.15. The molecule has 1 aromatic carbocycles. The lowest BCUT2D eigenvalue weighted by atomic mass is 10.0. The molecule has 3 rings (SSSR count). The first-order valence-electron chi connectivity index (χ1n) is 8.47. The highest BCUT2D eigenvalue weighted by molar-refractivity contribution is 5.83. The Kier molecular flexibility index (Phi) is 5.23. The Bertz CT molecular complexity index is 609. The second-order valence-corrected chi connectivity index (χ2v) is 6.39. The Morgan fingerprint density at radius 3 is 2.79 bits per heavy atom. The van der Waals surface area contributed by atoms with Crippen LogP contribution >= 0.6 is 0 Å². The Balaban J connectivity index is 1.43. The van der Waals surface area contributed by atoms with Gasteiger partial charge >= 0.3 is 5.97 Å². The molecule has 1 atom stereocenters. The van der Waals surface area contributed by atoms with E-state index in [4.69, 9.17) is 14.2 Å². The minimum absolute atomic E-state index is 0.221. The maximum atomic E-state index is 12.1. The van der Waals surface area contributed by atoms with Gasteiger partial charge in [0, 0.05) is 13.0 Å². The zero-order chi connectivity index (χ0) is 16.9. The molecule has 0 radical (unpaired) electrons. The molecule has 0 aromatic heterocycles. The summed E-state index contributed by atoms with van der Waals surface area (Å²) < 4.78 is 15.8. The quantitative estimate of drug-likeness (QED) is 0.810. The molecule has 6 nitrogen and oxygen atoms in total. The van der Waals surface area contributed by atoms with Gasteiger partial charge in [0.1, 0.15) is 0 Å². The SMILES string of the molecule is C[C@@H](OC(=O)CC1CCCC1)C(=O)NCc1ccc2c(c1)OCO2. The van der Waals surface area contributed by atoms with Crippen LogP contribution in [0.25, 0.3) is 0 Å². The minimum atomic E-state index is -0.784. The predicted molar refractivity (Wildman–Crippen MR) is 86.5 cm³/mol. The number of rotatable bonds is 6. The monoisotopic (exact) mass is 333 g/mol. The smallest absolute Gasteiger partial charge is 0.306 e. The van der Waals surface area contributed by atoms with Gasteiger partial charge in [-0.2, -0.15) is 0 Å². The number of carbonyl (C=O) groups is 2. The Morgan fingerprint density at radius 1 is 1.25 bits per heavy atom. The van der Waals surface area contributed by atoms with Crippen LogP contribution in [0.5, 0.6) is 11.5 Å². The van der Waals surface area contributed by atoms with Crippen molar-refractivity contribution in [2.45, 2.75) is 51.7 Å². The van der Waals surface area contributed by atoms with Crippen molar-refractivity contribution in [3.05, 3.63) is 23.8 Å². The molecule has 1 heterocycles. The van der Waals surface area contributed by atoms with Crippen LogP contribution in [0.3, 0.4) is 0 Å². The Morgan fingerprint density at radius 2 is 2.00 bits per heavy atom. The van der Waals surface area contributed by atoms with Crippen LogP contribution in [0.2, 0.25) is 0 Å². The van der Waals surface area contributed by atoms with E-state index in [1.54, 1.807) is 6.92 Å². The average molecular weight is 333 g/mol. The van der Waals surface area contributed by atoms with Crippen LogP contribution in [0.4, 0.5) is 0 Å². The number of benzene rings is 1. The molecule has 130 valence electrons. The van der Waals surface area contributed by atoms with Crippen LogP contribution in [0, 0.1) is 5.92 Å². The maximum absolute atomic E-state index is 12.1. The number of carbonyl (C=O) groups excluding carboxylic acids is 2. The molecule has 1 aliphatic heterocycles. The van der Waals surface area contributed by atoms with E-state index in [0.29, 0.717) is 30.4 Å². The van der Waals surface area contributed by atoms with Gasteiger partial charge < -0.3 is 19.5 Å². The van der Waals surface area contributed by atoms with Gasteiger partial charge in [-0.15, -0.1) is 0 Å². The number of nitrogens with one attached hydrogen (secondary N) is 1. The van der Waals surface area contributed by atoms with Crippen LogP contribution in [-0.4, -0.2) is 24.8 Å². The summed E-state index contributed by atoms with van der Waals surface area (Å²) in [7, 11) is 0. The van der Waals surface area contributed by atoms with Gasteiger partial charge in [-0.05, 0) is 43.4 Å². The predicted octanol–water partition coefficient (Wildman–Crippen LogP) is 2.54. The van der Waals surface area contributed by atoms with Gasteiger partial charge in [-0.3, -0.25) is 9.59 Å². The summed E-state index contributed by atoms with van der Waals surface area (Å²) in [5.41, 5.74) is 0.900. The van der Waals surface area contributed by atoms with E-state index in [9.17, 15) is 9.59 Å². The van der Waals surface area contributed by atoms with Gasteiger partial charge in [0.25, 0.3) is 5.91 Å². The van der Waals surface area contributed by atoms with E-state index < -0.39 is 6.10 Å². The van der Waals surface area contributed by atoms with Gasteiger partial charge in [0.2, 0.25) is 6.79 Å². The lowest BCUT2D eigenvalue weighted by Crippen LogP contribution is -2.35. The van der Waals surface area contributed by atoms with E-state index in [0.717, 1.165) is 18.4 Å². The summed E-state index contributed by atoms with van der Waals surface area (Å²) in [6, 6.07) is 5.51. The molecular formula is C18H23NO5. The van der Waals surface area contributed by atoms with E-state index in [1.165, 1.54) is 12.8 Å². The Hall–Kier alpha value is -2.24. The molecule has 2 aliphatic rings. The molecule has 1 aromatic rings. The largest absolute Gasteiger partial charge is 0.454 e. The van der Waals surface area contributed by atoms with E-state index in [2.05, 4.69) is 5.32 Å². The summed E-state index contributed by atoms with van der Waals surface area (Å²) >= 11 is 0. The second-order valence-electron chi connectivity index (χ2n) is 6.39. The first-order chi connectivity index (χ1) is 11.6. The molecule has 0 spiro atoms. The lowest BCUT2D eigenvalue weighted by molar-refractivity contribution is -0.155. The molecule has 1 aliphatic carbocycles. The summed E-state index contributed by atoms with van der Waals surface area (Å²) in [5, 5.41) is 2.78. The van der Waals surface area contributed by atoms with Gasteiger partial charge in [0.15, 0.2) is 17.6 Å². The molecule has 0 saturated heterocycles. The summed E-state index contributed by atoms with van der Waals surface area (Å²) in [5.74, 6) is 1.22. The van der Waals surface area contributed by atoms with E-state index >= 15 is 0 Å². The van der Waals surface area contributed by atoms with Crippen LogP contribution < -0.4 is 14.8 Å². The van der Waals surface area contributed by atoms with Crippen LogP contribution in [0.1, 0.15) is 44.6 Å². The van der Waals surface area contributed by atoms with Gasteiger partial charge in [-0.25, -0.2) is 0 Å². The highest BCUT2D eigenvalue weighted by Gasteiger charge is 2.23. The third-order valence-electron chi connectivity index (χ3n) is 4.51. The summed E-state index contributed by atoms with van der Waals surface area (Å²) in [4.78, 5) is 24.0. The molecule has 24 heavy (non-hydrogen) atoms. The number of hydrogen-bond acceptors (Lipinski definition) is 5. The van der Waals surface area contributed by atoms with Crippen molar-refractivity contribution >= 4 is 11.9 Å². The molecule has 1 amide bonds. The van der Waals surface area contributed by atoms with Crippen molar-refractivity contribution in [1.29, 1.82) is 0 Å². The van der Waals surface area contributed by atoms with Crippen molar-refractivity contribution in [2.24, 2.45) is 5.92 Å². The number of esters is 1. The normalized spacial score (nSPS) is 17.5. The molecule has 1 N–H and O–H groups in total. The fraction of sp³-hybridized carbons (Fsp3) is 0.556. The standard InChI is InChI=1S/C18H23NO5/c1-12(24-17(20)9-13-4-2-3-5-13)18(21)19-10-14-6-7-15-16(8-14)23-11-22-15/h6-8,12-13H,2-5,9-11H2,1H3,(H,19,21)/t12-/m1/s1. The van der Waals surface area contributed by atoms with Crippen molar-refractivity contribution in [1.82, 2.24) is 5.32 Å². The minimum Gasteiger partial charge on any atom is -0.454 e. The summed E-state index contributed by atoms with van der Waals surface area (Å²) in [6.07, 6.45) is 4.17. The van der Waals surface area contributed by atoms with Gasteiger partial charge in [-0.1, -0.05) is 18.9 Å². The second kappa shape index (κ2) is 7.55. The topological polar surface area (TPSA) is 73.9 Å². The molecular weight excluding hydrogens is 310 g/mol. The maximum Gasteiger partial charge on any atom is 0.306 e. The zero-order valence-electron chi connectivity index (χ0n) is 13.9.